The van der Waals surface area contributed by atoms with Gasteiger partial charge in [-0.1, -0.05) is 24.3 Å². The Labute approximate surface area is 195 Å². The molecule has 1 saturated heterocycles. The number of fused-ring (bicyclic) bond motifs is 1. The fraction of sp³-hybridized carbons (Fsp3) is 0.286. The van der Waals surface area contributed by atoms with Crippen LogP contribution in [0.1, 0.15) is 16.7 Å². The average Bonchev–Trinajstić information content (AvgIpc) is 2.85. The predicted octanol–water partition coefficient (Wildman–Crippen LogP) is 5.42. The molecule has 5 heteroatoms. The first-order chi connectivity index (χ1) is 16.2. The van der Waals surface area contributed by atoms with Crippen molar-refractivity contribution in [2.75, 3.05) is 33.4 Å². The Balaban J connectivity index is 1.58. The molecule has 2 aromatic heterocycles. The molecule has 0 bridgehead atoms. The summed E-state index contributed by atoms with van der Waals surface area (Å²) in [7, 11) is 1.70. The summed E-state index contributed by atoms with van der Waals surface area (Å²) in [5, 5.41) is 1.14. The molecule has 0 spiro atoms. The lowest BCUT2D eigenvalue weighted by Gasteiger charge is -2.26. The monoisotopic (exact) mass is 439 g/mol. The van der Waals surface area contributed by atoms with Gasteiger partial charge in [-0.3, -0.25) is 14.9 Å². The van der Waals surface area contributed by atoms with Crippen LogP contribution in [0.4, 0.5) is 0 Å². The van der Waals surface area contributed by atoms with Crippen LogP contribution in [0.3, 0.4) is 0 Å². The highest BCUT2D eigenvalue weighted by Gasteiger charge is 2.17. The van der Waals surface area contributed by atoms with Crippen molar-refractivity contribution in [2.24, 2.45) is 0 Å². The fourth-order valence-electron chi connectivity index (χ4n) is 4.90. The molecular formula is C28H29N3O2. The molecule has 0 atom stereocenters. The minimum Gasteiger partial charge on any atom is -0.496 e. The van der Waals surface area contributed by atoms with Crippen LogP contribution >= 0.6 is 0 Å². The second-order valence-electron chi connectivity index (χ2n) is 8.61. The Bertz CT molecular complexity index is 1280. The maximum absolute atomic E-state index is 5.63. The smallest absolute Gasteiger partial charge is 0.129 e. The lowest BCUT2D eigenvalue weighted by atomic mass is 9.89. The van der Waals surface area contributed by atoms with Crippen molar-refractivity contribution in [3.05, 3.63) is 77.7 Å². The van der Waals surface area contributed by atoms with Crippen LogP contribution in [0.25, 0.3) is 33.2 Å². The third-order valence-corrected chi connectivity index (χ3v) is 6.52. The van der Waals surface area contributed by atoms with Crippen LogP contribution in [0.5, 0.6) is 5.75 Å². The van der Waals surface area contributed by atoms with Gasteiger partial charge >= 0.3 is 0 Å². The van der Waals surface area contributed by atoms with E-state index >= 15 is 0 Å². The minimum absolute atomic E-state index is 0.812. The van der Waals surface area contributed by atoms with Crippen molar-refractivity contribution in [3.8, 4) is 28.0 Å². The molecule has 2 aromatic carbocycles. The summed E-state index contributed by atoms with van der Waals surface area (Å²) in [4.78, 5) is 11.5. The zero-order chi connectivity index (χ0) is 22.8. The van der Waals surface area contributed by atoms with E-state index in [1.807, 2.05) is 18.5 Å². The van der Waals surface area contributed by atoms with E-state index < -0.39 is 0 Å². The number of aromatic nitrogens is 2. The summed E-state index contributed by atoms with van der Waals surface area (Å²) < 4.78 is 11.1. The van der Waals surface area contributed by atoms with Crippen LogP contribution < -0.4 is 4.74 Å². The number of aryl methyl sites for hydroxylation is 2. The van der Waals surface area contributed by atoms with Crippen LogP contribution in [0.15, 0.2) is 61.1 Å². The quantitative estimate of drug-likeness (QED) is 0.415. The largest absolute Gasteiger partial charge is 0.496 e. The van der Waals surface area contributed by atoms with Crippen molar-refractivity contribution in [2.45, 2.75) is 20.4 Å². The van der Waals surface area contributed by atoms with E-state index in [4.69, 9.17) is 9.47 Å². The van der Waals surface area contributed by atoms with Gasteiger partial charge in [0.2, 0.25) is 0 Å². The Morgan fingerprint density at radius 2 is 1.76 bits per heavy atom. The predicted molar refractivity (Wildman–Crippen MR) is 133 cm³/mol. The van der Waals surface area contributed by atoms with Gasteiger partial charge in [0.1, 0.15) is 5.75 Å². The summed E-state index contributed by atoms with van der Waals surface area (Å²) in [5.74, 6) is 0.812. The standard InChI is InChI=1S/C28H29N3O2/c1-19-16-25-28(23(8-11-30-25)24-17-29-10-9-26(24)32-3)20(2)27(19)22-6-4-21(5-7-22)18-31-12-14-33-15-13-31/h4-11,16-17H,12-15,18H2,1-3H3. The van der Waals surface area contributed by atoms with E-state index in [9.17, 15) is 0 Å². The molecular weight excluding hydrogens is 410 g/mol. The molecule has 4 aromatic rings. The molecule has 33 heavy (non-hydrogen) atoms. The molecule has 0 N–H and O–H groups in total. The maximum Gasteiger partial charge on any atom is 0.129 e. The van der Waals surface area contributed by atoms with Gasteiger partial charge in [-0.25, -0.2) is 0 Å². The Hall–Kier alpha value is -3.28. The summed E-state index contributed by atoms with van der Waals surface area (Å²) in [6.45, 7) is 8.98. The zero-order valence-electron chi connectivity index (χ0n) is 19.5. The number of hydrogen-bond acceptors (Lipinski definition) is 5. The van der Waals surface area contributed by atoms with Gasteiger partial charge in [0, 0.05) is 49.2 Å². The summed E-state index contributed by atoms with van der Waals surface area (Å²) in [6, 6.07) is 15.1. The van der Waals surface area contributed by atoms with E-state index in [-0.39, 0.29) is 0 Å². The van der Waals surface area contributed by atoms with Gasteiger partial charge in [-0.15, -0.1) is 0 Å². The molecule has 1 fully saturated rings. The average molecular weight is 440 g/mol. The first kappa shape index (κ1) is 21.6. The fourth-order valence-corrected chi connectivity index (χ4v) is 4.90. The summed E-state index contributed by atoms with van der Waals surface area (Å²) in [6.07, 6.45) is 5.49. The molecule has 3 heterocycles. The molecule has 0 aliphatic carbocycles. The van der Waals surface area contributed by atoms with Crippen LogP contribution in [-0.4, -0.2) is 48.3 Å². The van der Waals surface area contributed by atoms with Crippen molar-refractivity contribution in [1.82, 2.24) is 14.9 Å². The van der Waals surface area contributed by atoms with Gasteiger partial charge in [0.25, 0.3) is 0 Å². The third-order valence-electron chi connectivity index (χ3n) is 6.52. The Morgan fingerprint density at radius 1 is 0.970 bits per heavy atom. The molecule has 5 nitrogen and oxygen atoms in total. The first-order valence-corrected chi connectivity index (χ1v) is 11.4. The topological polar surface area (TPSA) is 47.5 Å². The van der Waals surface area contributed by atoms with Crippen molar-refractivity contribution >= 4 is 10.9 Å². The third kappa shape index (κ3) is 4.22. The first-order valence-electron chi connectivity index (χ1n) is 11.4. The number of morpholine rings is 1. The molecule has 0 amide bonds. The second kappa shape index (κ2) is 9.30. The van der Waals surface area contributed by atoms with Crippen LogP contribution in [-0.2, 0) is 11.3 Å². The number of pyridine rings is 2. The second-order valence-corrected chi connectivity index (χ2v) is 8.61. The number of ether oxygens (including phenoxy) is 2. The van der Waals surface area contributed by atoms with E-state index in [2.05, 4.69) is 65.1 Å². The Kier molecular flexibility index (Phi) is 6.07. The highest BCUT2D eigenvalue weighted by Crippen LogP contribution is 2.39. The number of methoxy groups -OCH3 is 1. The van der Waals surface area contributed by atoms with Gasteiger partial charge < -0.3 is 9.47 Å². The van der Waals surface area contributed by atoms with Crippen molar-refractivity contribution in [3.63, 3.8) is 0 Å². The van der Waals surface area contributed by atoms with Crippen LogP contribution in [0.2, 0.25) is 0 Å². The number of rotatable bonds is 5. The Morgan fingerprint density at radius 3 is 2.52 bits per heavy atom. The van der Waals surface area contributed by atoms with Crippen LogP contribution in [0, 0.1) is 13.8 Å². The molecule has 1 aliphatic heterocycles. The van der Waals surface area contributed by atoms with Gasteiger partial charge in [0.05, 0.1) is 25.8 Å². The molecule has 1 aliphatic rings. The van der Waals surface area contributed by atoms with E-state index in [1.165, 1.54) is 27.8 Å². The summed E-state index contributed by atoms with van der Waals surface area (Å²) >= 11 is 0. The minimum atomic E-state index is 0.812. The highest BCUT2D eigenvalue weighted by molar-refractivity contribution is 6.01. The molecule has 5 rings (SSSR count). The van der Waals surface area contributed by atoms with Gasteiger partial charge in [-0.2, -0.15) is 0 Å². The molecule has 0 saturated carbocycles. The zero-order valence-corrected chi connectivity index (χ0v) is 19.5. The van der Waals surface area contributed by atoms with Gasteiger partial charge in [0.15, 0.2) is 0 Å². The van der Waals surface area contributed by atoms with E-state index in [0.29, 0.717) is 0 Å². The van der Waals surface area contributed by atoms with E-state index in [0.717, 1.165) is 60.6 Å². The van der Waals surface area contributed by atoms with Crippen molar-refractivity contribution < 1.29 is 9.47 Å². The lowest BCUT2D eigenvalue weighted by Crippen LogP contribution is -2.35. The number of benzene rings is 2. The molecule has 168 valence electrons. The molecule has 0 unspecified atom stereocenters. The lowest BCUT2D eigenvalue weighted by molar-refractivity contribution is 0.0342. The van der Waals surface area contributed by atoms with Gasteiger partial charge in [-0.05, 0) is 65.4 Å². The normalized spacial score (nSPS) is 14.5. The summed E-state index contributed by atoms with van der Waals surface area (Å²) in [5.41, 5.74) is 9.32. The SMILES string of the molecule is COc1ccncc1-c1ccnc2cc(C)c(-c3ccc(CN4CCOCC4)cc3)c(C)c12. The molecule has 0 radical (unpaired) electrons. The van der Waals surface area contributed by atoms with E-state index in [1.54, 1.807) is 13.3 Å². The number of hydrogen-bond donors (Lipinski definition) is 0. The number of nitrogens with zero attached hydrogens (tertiary/aromatic N) is 3. The van der Waals surface area contributed by atoms with Crippen molar-refractivity contribution in [1.29, 1.82) is 0 Å². The maximum atomic E-state index is 5.63. The highest BCUT2D eigenvalue weighted by atomic mass is 16.5.